The molecule has 6 atom stereocenters. The molecule has 0 bridgehead atoms. The van der Waals surface area contributed by atoms with E-state index < -0.39 is 87.2 Å². The molecule has 3 amide bonds. The SMILES string of the molecule is CCC(=O)C[C@@H]1[C@H]2C(=C(O)c3c(ccc(NC(=O)Nc4cccc5ccccc45)c3O)[C@H]2C)C(=O)[C@]2(O)C(O)=C(C(N)=O)C(=O)[C@H](N(C)C)[C@H]12. The molecule has 0 saturated heterocycles. The first-order valence-electron chi connectivity index (χ1n) is 16.2. The van der Waals surface area contributed by atoms with E-state index >= 15 is 0 Å². The Bertz CT molecular complexity index is 2060. The zero-order valence-corrected chi connectivity index (χ0v) is 27.9. The quantitative estimate of drug-likeness (QED) is 0.141. The van der Waals surface area contributed by atoms with Gasteiger partial charge < -0.3 is 36.8 Å². The van der Waals surface area contributed by atoms with Crippen molar-refractivity contribution in [2.75, 3.05) is 24.7 Å². The number of nitrogens with zero attached hydrogens (tertiary/aromatic N) is 1. The minimum atomic E-state index is -2.94. The van der Waals surface area contributed by atoms with Gasteiger partial charge in [0.2, 0.25) is 5.78 Å². The molecule has 13 heteroatoms. The first-order chi connectivity index (χ1) is 23.6. The number of carbonyl (C=O) groups is 5. The molecule has 1 fully saturated rings. The van der Waals surface area contributed by atoms with Crippen LogP contribution in [0.5, 0.6) is 5.75 Å². The van der Waals surface area contributed by atoms with Crippen molar-refractivity contribution in [2.24, 2.45) is 23.5 Å². The Labute approximate surface area is 287 Å². The average molecular weight is 683 g/mol. The number of phenolic OH excluding ortho intramolecular Hbond substituents is 1. The third-order valence-corrected chi connectivity index (χ3v) is 10.5. The summed E-state index contributed by atoms with van der Waals surface area (Å²) in [6, 6.07) is 13.8. The number of hydrogen-bond donors (Lipinski definition) is 7. The molecule has 3 aromatic carbocycles. The number of benzene rings is 3. The number of nitrogens with one attached hydrogen (secondary N) is 2. The lowest BCUT2D eigenvalue weighted by Gasteiger charge is -2.55. The van der Waals surface area contributed by atoms with Crippen LogP contribution >= 0.6 is 0 Å². The minimum absolute atomic E-state index is 0.0872. The maximum atomic E-state index is 14.5. The number of phenols is 1. The molecule has 260 valence electrons. The number of aliphatic hydroxyl groups is 3. The van der Waals surface area contributed by atoms with Crippen LogP contribution in [0.2, 0.25) is 0 Å². The molecular formula is C37H38N4O9. The highest BCUT2D eigenvalue weighted by molar-refractivity contribution is 6.24. The maximum Gasteiger partial charge on any atom is 0.323 e. The van der Waals surface area contributed by atoms with Crippen molar-refractivity contribution in [1.82, 2.24) is 4.90 Å². The monoisotopic (exact) mass is 682 g/mol. The van der Waals surface area contributed by atoms with Crippen LogP contribution in [0.15, 0.2) is 71.5 Å². The van der Waals surface area contributed by atoms with Gasteiger partial charge in [0.15, 0.2) is 11.4 Å². The molecule has 1 saturated carbocycles. The molecule has 3 aromatic rings. The fraction of sp³-hybridized carbons (Fsp3) is 0.324. The van der Waals surface area contributed by atoms with Crippen molar-refractivity contribution in [1.29, 1.82) is 0 Å². The van der Waals surface area contributed by atoms with Gasteiger partial charge in [-0.1, -0.05) is 56.3 Å². The molecule has 8 N–H and O–H groups in total. The van der Waals surface area contributed by atoms with Gasteiger partial charge in [0.05, 0.1) is 23.0 Å². The van der Waals surface area contributed by atoms with Gasteiger partial charge in [-0.25, -0.2) is 4.79 Å². The van der Waals surface area contributed by atoms with Gasteiger partial charge in [-0.15, -0.1) is 0 Å². The number of urea groups is 1. The molecule has 6 rings (SSSR count). The van der Waals surface area contributed by atoms with E-state index in [0.29, 0.717) is 11.3 Å². The van der Waals surface area contributed by atoms with Crippen molar-refractivity contribution >= 4 is 57.2 Å². The number of amides is 3. The smallest absolute Gasteiger partial charge is 0.323 e. The standard InChI is InChI=1S/C37H38N4O9/c1-5-18(42)15-21-24-16(2)19-13-14-23(40-36(49)39-22-12-8-10-17-9-6-7-11-20(17)22)30(43)25(19)31(44)26(24)33(46)37(50)28(21)29(41(3)4)32(45)27(34(37)47)35(38)48/h6-14,16,21,24,28-29,43-44,47,50H,5,15H2,1-4H3,(H2,38,48)(H2,39,40,49)/t16-,21-,24+,28+,29-,37+/m1/s1. The van der Waals surface area contributed by atoms with Gasteiger partial charge >= 0.3 is 6.03 Å². The highest BCUT2D eigenvalue weighted by atomic mass is 16.3. The number of hydrogen-bond acceptors (Lipinski definition) is 10. The largest absolute Gasteiger partial charge is 0.508 e. The van der Waals surface area contributed by atoms with E-state index in [1.54, 1.807) is 32.0 Å². The van der Waals surface area contributed by atoms with E-state index in [-0.39, 0.29) is 29.9 Å². The van der Waals surface area contributed by atoms with E-state index in [4.69, 9.17) is 5.73 Å². The number of aromatic hydroxyl groups is 1. The summed E-state index contributed by atoms with van der Waals surface area (Å²) in [6.45, 7) is 3.36. The molecule has 0 spiro atoms. The summed E-state index contributed by atoms with van der Waals surface area (Å²) < 4.78 is 0. The topological polar surface area (TPSA) is 220 Å². The molecule has 0 aliphatic heterocycles. The van der Waals surface area contributed by atoms with Gasteiger partial charge in [-0.2, -0.15) is 0 Å². The van der Waals surface area contributed by atoms with Gasteiger partial charge in [0.25, 0.3) is 5.91 Å². The Balaban J connectivity index is 1.48. The van der Waals surface area contributed by atoms with Crippen LogP contribution in [0, 0.1) is 17.8 Å². The predicted molar refractivity (Wildman–Crippen MR) is 184 cm³/mol. The first kappa shape index (κ1) is 34.3. The number of anilines is 2. The van der Waals surface area contributed by atoms with Crippen molar-refractivity contribution in [3.63, 3.8) is 0 Å². The number of carbonyl (C=O) groups excluding carboxylic acids is 5. The predicted octanol–water partition coefficient (Wildman–Crippen LogP) is 3.92. The number of nitrogens with two attached hydrogens (primary N) is 1. The number of likely N-dealkylation sites (N-methyl/N-ethyl adjacent to an activating group) is 1. The molecule has 50 heavy (non-hydrogen) atoms. The molecule has 3 aliphatic carbocycles. The Kier molecular flexibility index (Phi) is 8.53. The Morgan fingerprint density at radius 2 is 1.60 bits per heavy atom. The Hall–Kier alpha value is -5.53. The summed E-state index contributed by atoms with van der Waals surface area (Å²) in [5.41, 5.74) is 1.76. The lowest BCUT2D eigenvalue weighted by atomic mass is 9.50. The summed E-state index contributed by atoms with van der Waals surface area (Å²) in [6.07, 6.45) is -0.154. The first-order valence-corrected chi connectivity index (χ1v) is 16.2. The van der Waals surface area contributed by atoms with Gasteiger partial charge in [-0.05, 0) is 49.0 Å². The van der Waals surface area contributed by atoms with Gasteiger partial charge in [0.1, 0.15) is 28.6 Å². The second-order valence-corrected chi connectivity index (χ2v) is 13.4. The van der Waals surface area contributed by atoms with E-state index in [2.05, 4.69) is 10.6 Å². The van der Waals surface area contributed by atoms with Crippen LogP contribution in [0.4, 0.5) is 16.2 Å². The molecule has 3 aliphatic rings. The zero-order chi connectivity index (χ0) is 36.4. The fourth-order valence-corrected chi connectivity index (χ4v) is 8.22. The summed E-state index contributed by atoms with van der Waals surface area (Å²) >= 11 is 0. The minimum Gasteiger partial charge on any atom is -0.508 e. The van der Waals surface area contributed by atoms with E-state index in [1.165, 1.54) is 25.1 Å². The summed E-state index contributed by atoms with van der Waals surface area (Å²) in [4.78, 5) is 68.3. The molecule has 0 aromatic heterocycles. The van der Waals surface area contributed by atoms with Crippen molar-refractivity contribution in [3.8, 4) is 5.75 Å². The number of aliphatic hydroxyl groups excluding tert-OH is 2. The lowest BCUT2D eigenvalue weighted by Crippen LogP contribution is -2.69. The van der Waals surface area contributed by atoms with Crippen molar-refractivity contribution in [2.45, 2.75) is 44.2 Å². The van der Waals surface area contributed by atoms with E-state index in [0.717, 1.165) is 10.8 Å². The number of Topliss-reactive ketones (excluding diaryl/α,β-unsaturated/α-hetero) is 3. The molecule has 0 heterocycles. The van der Waals surface area contributed by atoms with E-state index in [1.807, 2.05) is 30.3 Å². The summed E-state index contributed by atoms with van der Waals surface area (Å²) in [5.74, 6) is -10.4. The second-order valence-electron chi connectivity index (χ2n) is 13.4. The second kappa shape index (κ2) is 12.4. The average Bonchev–Trinajstić information content (AvgIpc) is 3.06. The van der Waals surface area contributed by atoms with Crippen LogP contribution in [0.1, 0.15) is 43.7 Å². The normalized spacial score (nSPS) is 26.0. The van der Waals surface area contributed by atoms with Crippen molar-refractivity contribution < 1.29 is 44.4 Å². The number of fused-ring (bicyclic) bond motifs is 4. The lowest BCUT2D eigenvalue weighted by molar-refractivity contribution is -0.162. The molecule has 13 nitrogen and oxygen atoms in total. The van der Waals surface area contributed by atoms with Crippen molar-refractivity contribution in [3.05, 3.63) is 82.6 Å². The summed E-state index contributed by atoms with van der Waals surface area (Å²) in [5, 5.41) is 54.0. The highest BCUT2D eigenvalue weighted by Crippen LogP contribution is 2.59. The Morgan fingerprint density at radius 1 is 0.940 bits per heavy atom. The van der Waals surface area contributed by atoms with Gasteiger partial charge in [0, 0.05) is 35.6 Å². The van der Waals surface area contributed by atoms with Crippen LogP contribution in [0.25, 0.3) is 16.5 Å². The maximum absolute atomic E-state index is 14.5. The van der Waals surface area contributed by atoms with Gasteiger partial charge in [-0.3, -0.25) is 24.1 Å². The third-order valence-electron chi connectivity index (χ3n) is 10.5. The molecular weight excluding hydrogens is 644 g/mol. The number of primary amides is 1. The summed E-state index contributed by atoms with van der Waals surface area (Å²) in [7, 11) is 3.00. The highest BCUT2D eigenvalue weighted by Gasteiger charge is 2.68. The van der Waals surface area contributed by atoms with Crippen LogP contribution in [0.3, 0.4) is 0 Å². The number of ketones is 3. The fourth-order valence-electron chi connectivity index (χ4n) is 8.22. The zero-order valence-electron chi connectivity index (χ0n) is 27.9. The van der Waals surface area contributed by atoms with Crippen LogP contribution in [-0.2, 0) is 19.2 Å². The third kappa shape index (κ3) is 5.03. The molecule has 0 unspecified atom stereocenters. The van der Waals surface area contributed by atoms with Crippen LogP contribution < -0.4 is 16.4 Å². The number of rotatable bonds is 7. The van der Waals surface area contributed by atoms with E-state index in [9.17, 15) is 44.4 Å². The van der Waals surface area contributed by atoms with Crippen LogP contribution in [-0.4, -0.2) is 80.4 Å². The molecule has 0 radical (unpaired) electrons. The Morgan fingerprint density at radius 3 is 2.26 bits per heavy atom.